The largest absolute Gasteiger partial charge is 0.449 e. The average Bonchev–Trinajstić information content (AvgIpc) is 3.07. The SMILES string of the molecule is CCc1ccc2oc(-c3nc4ccc(C)cc4o3)c(N)c2c1. The molecule has 0 amide bonds. The third-order valence-electron chi connectivity index (χ3n) is 3.94. The van der Waals surface area contributed by atoms with Crippen LogP contribution < -0.4 is 5.73 Å². The summed E-state index contributed by atoms with van der Waals surface area (Å²) in [6.45, 7) is 4.13. The third kappa shape index (κ3) is 1.88. The van der Waals surface area contributed by atoms with Crippen molar-refractivity contribution in [3.8, 4) is 11.7 Å². The van der Waals surface area contributed by atoms with Gasteiger partial charge in [-0.15, -0.1) is 0 Å². The van der Waals surface area contributed by atoms with E-state index in [0.717, 1.165) is 34.1 Å². The molecule has 0 unspecified atom stereocenters. The van der Waals surface area contributed by atoms with Crippen LogP contribution in [0.4, 0.5) is 5.69 Å². The van der Waals surface area contributed by atoms with Crippen LogP contribution in [0.3, 0.4) is 0 Å². The van der Waals surface area contributed by atoms with Crippen LogP contribution in [0.15, 0.2) is 45.2 Å². The Labute approximate surface area is 127 Å². The summed E-state index contributed by atoms with van der Waals surface area (Å²) in [6, 6.07) is 11.9. The minimum Gasteiger partial charge on any atom is -0.449 e. The second kappa shape index (κ2) is 4.63. The molecular weight excluding hydrogens is 276 g/mol. The van der Waals surface area contributed by atoms with Crippen molar-refractivity contribution in [1.82, 2.24) is 4.98 Å². The Hall–Kier alpha value is -2.75. The maximum Gasteiger partial charge on any atom is 0.266 e. The maximum atomic E-state index is 6.25. The first-order valence-corrected chi connectivity index (χ1v) is 7.34. The summed E-state index contributed by atoms with van der Waals surface area (Å²) in [6.07, 6.45) is 0.956. The van der Waals surface area contributed by atoms with Gasteiger partial charge >= 0.3 is 0 Å². The number of anilines is 1. The van der Waals surface area contributed by atoms with E-state index in [9.17, 15) is 0 Å². The van der Waals surface area contributed by atoms with Gasteiger partial charge in [0.15, 0.2) is 5.58 Å². The van der Waals surface area contributed by atoms with E-state index in [-0.39, 0.29) is 0 Å². The molecule has 0 aliphatic rings. The van der Waals surface area contributed by atoms with Crippen LogP contribution in [-0.4, -0.2) is 4.98 Å². The van der Waals surface area contributed by atoms with E-state index in [1.54, 1.807) is 0 Å². The Morgan fingerprint density at radius 2 is 1.91 bits per heavy atom. The fourth-order valence-electron chi connectivity index (χ4n) is 2.67. The third-order valence-corrected chi connectivity index (χ3v) is 3.94. The highest BCUT2D eigenvalue weighted by Gasteiger charge is 2.19. The van der Waals surface area contributed by atoms with Crippen molar-refractivity contribution in [2.24, 2.45) is 0 Å². The molecule has 110 valence electrons. The van der Waals surface area contributed by atoms with Crippen molar-refractivity contribution in [2.45, 2.75) is 20.3 Å². The minimum atomic E-state index is 0.423. The van der Waals surface area contributed by atoms with E-state index in [2.05, 4.69) is 18.0 Å². The van der Waals surface area contributed by atoms with Gasteiger partial charge < -0.3 is 14.6 Å². The van der Waals surface area contributed by atoms with E-state index in [1.165, 1.54) is 5.56 Å². The van der Waals surface area contributed by atoms with Crippen molar-refractivity contribution in [3.05, 3.63) is 47.5 Å². The molecule has 0 saturated heterocycles. The first-order valence-electron chi connectivity index (χ1n) is 7.34. The maximum absolute atomic E-state index is 6.25. The molecule has 0 atom stereocenters. The number of furan rings is 1. The van der Waals surface area contributed by atoms with Gasteiger partial charge in [-0.2, -0.15) is 0 Å². The van der Waals surface area contributed by atoms with Crippen LogP contribution in [0.2, 0.25) is 0 Å². The number of nitrogens with two attached hydrogens (primary N) is 1. The lowest BCUT2D eigenvalue weighted by atomic mass is 10.1. The quantitative estimate of drug-likeness (QED) is 0.582. The molecule has 22 heavy (non-hydrogen) atoms. The summed E-state index contributed by atoms with van der Waals surface area (Å²) in [5.41, 5.74) is 11.5. The number of hydrogen-bond donors (Lipinski definition) is 1. The molecule has 2 aromatic heterocycles. The van der Waals surface area contributed by atoms with Crippen LogP contribution in [0.1, 0.15) is 18.1 Å². The standard InChI is InChI=1S/C18H16N2O2/c1-3-11-5-7-14-12(9-11)16(19)17(21-14)18-20-13-6-4-10(2)8-15(13)22-18/h4-9H,3,19H2,1-2H3. The molecule has 4 heteroatoms. The summed E-state index contributed by atoms with van der Waals surface area (Å²) in [7, 11) is 0. The summed E-state index contributed by atoms with van der Waals surface area (Å²) in [5, 5.41) is 0.910. The van der Waals surface area contributed by atoms with Crippen molar-refractivity contribution in [2.75, 3.05) is 5.73 Å². The van der Waals surface area contributed by atoms with Crippen LogP contribution >= 0.6 is 0 Å². The average molecular weight is 292 g/mol. The Morgan fingerprint density at radius 1 is 1.05 bits per heavy atom. The lowest BCUT2D eigenvalue weighted by Gasteiger charge is -1.95. The monoisotopic (exact) mass is 292 g/mol. The molecule has 4 aromatic rings. The van der Waals surface area contributed by atoms with Gasteiger partial charge in [0.25, 0.3) is 5.89 Å². The number of hydrogen-bond acceptors (Lipinski definition) is 4. The van der Waals surface area contributed by atoms with Crippen molar-refractivity contribution in [1.29, 1.82) is 0 Å². The number of aromatic nitrogens is 1. The fraction of sp³-hybridized carbons (Fsp3) is 0.167. The van der Waals surface area contributed by atoms with Gasteiger partial charge in [-0.1, -0.05) is 19.1 Å². The number of aryl methyl sites for hydroxylation is 2. The van der Waals surface area contributed by atoms with E-state index in [4.69, 9.17) is 14.6 Å². The zero-order chi connectivity index (χ0) is 15.3. The lowest BCUT2D eigenvalue weighted by Crippen LogP contribution is -1.86. The molecule has 0 saturated carbocycles. The Kier molecular flexibility index (Phi) is 2.73. The molecule has 0 radical (unpaired) electrons. The Morgan fingerprint density at radius 3 is 2.73 bits per heavy atom. The van der Waals surface area contributed by atoms with Gasteiger partial charge in [-0.3, -0.25) is 0 Å². The van der Waals surface area contributed by atoms with E-state index in [1.807, 2.05) is 37.3 Å². The number of nitrogens with zero attached hydrogens (tertiary/aromatic N) is 1. The summed E-state index contributed by atoms with van der Waals surface area (Å²) in [5.74, 6) is 0.921. The van der Waals surface area contributed by atoms with Gasteiger partial charge in [0.1, 0.15) is 11.1 Å². The molecule has 2 N–H and O–H groups in total. The zero-order valence-electron chi connectivity index (χ0n) is 12.5. The van der Waals surface area contributed by atoms with Gasteiger partial charge in [-0.25, -0.2) is 4.98 Å². The minimum absolute atomic E-state index is 0.423. The molecule has 0 aliphatic carbocycles. The highest BCUT2D eigenvalue weighted by molar-refractivity contribution is 5.97. The topological polar surface area (TPSA) is 65.2 Å². The summed E-state index contributed by atoms with van der Waals surface area (Å²) in [4.78, 5) is 4.48. The molecule has 0 fully saturated rings. The highest BCUT2D eigenvalue weighted by Crippen LogP contribution is 2.37. The van der Waals surface area contributed by atoms with Gasteiger partial charge in [-0.05, 0) is 48.7 Å². The summed E-state index contributed by atoms with van der Waals surface area (Å²) < 4.78 is 11.7. The van der Waals surface area contributed by atoms with Crippen LogP contribution in [0.25, 0.3) is 33.7 Å². The second-order valence-electron chi connectivity index (χ2n) is 5.52. The van der Waals surface area contributed by atoms with E-state index >= 15 is 0 Å². The predicted octanol–water partition coefficient (Wildman–Crippen LogP) is 4.69. The smallest absolute Gasteiger partial charge is 0.266 e. The van der Waals surface area contributed by atoms with Gasteiger partial charge in [0.2, 0.25) is 5.76 Å². The number of oxazole rings is 1. The van der Waals surface area contributed by atoms with E-state index in [0.29, 0.717) is 17.3 Å². The highest BCUT2D eigenvalue weighted by atomic mass is 16.4. The number of benzene rings is 2. The van der Waals surface area contributed by atoms with E-state index < -0.39 is 0 Å². The molecular formula is C18H16N2O2. The zero-order valence-corrected chi connectivity index (χ0v) is 12.5. The van der Waals surface area contributed by atoms with Crippen molar-refractivity contribution >= 4 is 27.8 Å². The lowest BCUT2D eigenvalue weighted by molar-refractivity contribution is 0.560. The molecule has 4 rings (SSSR count). The molecule has 4 nitrogen and oxygen atoms in total. The van der Waals surface area contributed by atoms with Crippen molar-refractivity contribution in [3.63, 3.8) is 0 Å². The number of rotatable bonds is 2. The molecule has 0 bridgehead atoms. The molecule has 0 aliphatic heterocycles. The van der Waals surface area contributed by atoms with Crippen LogP contribution in [0, 0.1) is 6.92 Å². The predicted molar refractivity (Wildman–Crippen MR) is 87.7 cm³/mol. The summed E-state index contributed by atoms with van der Waals surface area (Å²) >= 11 is 0. The van der Waals surface area contributed by atoms with Crippen molar-refractivity contribution < 1.29 is 8.83 Å². The second-order valence-corrected chi connectivity index (χ2v) is 5.52. The van der Waals surface area contributed by atoms with Crippen LogP contribution in [0.5, 0.6) is 0 Å². The van der Waals surface area contributed by atoms with Gasteiger partial charge in [0.05, 0.1) is 5.69 Å². The van der Waals surface area contributed by atoms with Gasteiger partial charge in [0, 0.05) is 5.39 Å². The molecule has 2 aromatic carbocycles. The Bertz CT molecular complexity index is 995. The van der Waals surface area contributed by atoms with Crippen LogP contribution in [-0.2, 0) is 6.42 Å². The first kappa shape index (κ1) is 13.0. The molecule has 0 spiro atoms. The Balaban J connectivity index is 1.93. The normalized spacial score (nSPS) is 11.5. The molecule has 2 heterocycles. The number of fused-ring (bicyclic) bond motifs is 2. The first-order chi connectivity index (χ1) is 10.7. The number of nitrogen functional groups attached to an aromatic ring is 1. The fourth-order valence-corrected chi connectivity index (χ4v) is 2.67.